The lowest BCUT2D eigenvalue weighted by atomic mass is 10.1. The first-order valence-corrected chi connectivity index (χ1v) is 3.90. The summed E-state index contributed by atoms with van der Waals surface area (Å²) in [5.74, 6) is -7.22. The van der Waals surface area contributed by atoms with Crippen molar-refractivity contribution >= 4 is 5.97 Å². The van der Waals surface area contributed by atoms with Gasteiger partial charge in [0.15, 0.2) is 6.17 Å². The zero-order valence-electron chi connectivity index (χ0n) is 7.32. The van der Waals surface area contributed by atoms with Gasteiger partial charge >= 0.3 is 11.9 Å². The molecule has 0 aliphatic heterocycles. The Morgan fingerprint density at radius 3 is 2.13 bits per heavy atom. The van der Waals surface area contributed by atoms with Crippen molar-refractivity contribution in [3.63, 3.8) is 0 Å². The molecule has 0 aliphatic carbocycles. The van der Waals surface area contributed by atoms with Crippen LogP contribution in [0.25, 0.3) is 0 Å². The average molecular weight is 220 g/mol. The number of phenols is 1. The number of rotatable bonds is 3. The van der Waals surface area contributed by atoms with Gasteiger partial charge in [0.05, 0.1) is 0 Å². The minimum atomic E-state index is -4.48. The maximum atomic E-state index is 13.1. The van der Waals surface area contributed by atoms with E-state index in [2.05, 4.69) is 0 Å². The van der Waals surface area contributed by atoms with E-state index in [4.69, 9.17) is 10.2 Å². The molecular formula is C9H7F3O3. The number of benzene rings is 1. The van der Waals surface area contributed by atoms with Crippen molar-refractivity contribution in [3.8, 4) is 5.75 Å². The Kier molecular flexibility index (Phi) is 2.88. The van der Waals surface area contributed by atoms with Gasteiger partial charge in [0.25, 0.3) is 0 Å². The van der Waals surface area contributed by atoms with Crippen LogP contribution in [0.15, 0.2) is 24.3 Å². The van der Waals surface area contributed by atoms with Crippen molar-refractivity contribution < 1.29 is 28.2 Å². The second-order valence-electron chi connectivity index (χ2n) is 2.88. The molecule has 1 rings (SSSR count). The van der Waals surface area contributed by atoms with Crippen molar-refractivity contribution in [1.82, 2.24) is 0 Å². The van der Waals surface area contributed by atoms with Crippen molar-refractivity contribution in [2.24, 2.45) is 0 Å². The number of hydrogen-bond acceptors (Lipinski definition) is 2. The third kappa shape index (κ3) is 2.20. The molecule has 3 nitrogen and oxygen atoms in total. The van der Waals surface area contributed by atoms with Crippen molar-refractivity contribution in [2.75, 3.05) is 0 Å². The lowest BCUT2D eigenvalue weighted by Gasteiger charge is -2.16. The molecule has 0 aromatic heterocycles. The van der Waals surface area contributed by atoms with Gasteiger partial charge in [-0.1, -0.05) is 12.1 Å². The summed E-state index contributed by atoms with van der Waals surface area (Å²) in [6, 6.07) is 3.80. The van der Waals surface area contributed by atoms with Crippen LogP contribution in [0, 0.1) is 0 Å². The number of carboxylic acids is 1. The molecule has 1 unspecified atom stereocenters. The van der Waals surface area contributed by atoms with Gasteiger partial charge in [0.2, 0.25) is 0 Å². The molecule has 1 aromatic rings. The number of phenolic OH excluding ortho intramolecular Hbond substituents is 1. The van der Waals surface area contributed by atoms with E-state index in [9.17, 15) is 18.0 Å². The van der Waals surface area contributed by atoms with Crippen LogP contribution in [0.2, 0.25) is 0 Å². The number of hydrogen-bond donors (Lipinski definition) is 2. The van der Waals surface area contributed by atoms with E-state index in [1.165, 1.54) is 0 Å². The summed E-state index contributed by atoms with van der Waals surface area (Å²) >= 11 is 0. The number of carbonyl (C=O) groups is 1. The quantitative estimate of drug-likeness (QED) is 0.820. The molecule has 0 heterocycles. The van der Waals surface area contributed by atoms with E-state index in [0.29, 0.717) is 0 Å². The Balaban J connectivity index is 2.99. The normalized spacial score (nSPS) is 13.5. The Morgan fingerprint density at radius 1 is 1.27 bits per heavy atom. The number of carboxylic acid groups (broad SMARTS) is 1. The minimum absolute atomic E-state index is 0.218. The molecule has 0 amide bonds. The molecule has 1 aromatic carbocycles. The first kappa shape index (κ1) is 11.4. The molecule has 0 fully saturated rings. The first-order valence-electron chi connectivity index (χ1n) is 3.90. The van der Waals surface area contributed by atoms with E-state index in [-0.39, 0.29) is 5.75 Å². The summed E-state index contributed by atoms with van der Waals surface area (Å²) < 4.78 is 38.5. The molecule has 82 valence electrons. The number of alkyl halides is 3. The molecule has 15 heavy (non-hydrogen) atoms. The van der Waals surface area contributed by atoms with Gasteiger partial charge < -0.3 is 10.2 Å². The van der Waals surface area contributed by atoms with E-state index in [1.807, 2.05) is 0 Å². The molecule has 0 bridgehead atoms. The molecule has 0 saturated heterocycles. The second kappa shape index (κ2) is 3.80. The Bertz CT molecular complexity index is 361. The number of aliphatic carboxylic acids is 1. The standard InChI is InChI=1S/C9H7F3O3/c10-7(9(11,12)8(14)15)5-1-3-6(13)4-2-5/h1-4,7,13H,(H,14,15). The smallest absolute Gasteiger partial charge is 0.378 e. The third-order valence-corrected chi connectivity index (χ3v) is 1.79. The molecule has 6 heteroatoms. The van der Waals surface area contributed by atoms with E-state index in [1.54, 1.807) is 0 Å². The summed E-state index contributed by atoms with van der Waals surface area (Å²) in [6.07, 6.45) is -2.93. The zero-order valence-corrected chi connectivity index (χ0v) is 7.32. The molecule has 0 radical (unpaired) electrons. The van der Waals surface area contributed by atoms with Crippen molar-refractivity contribution in [1.29, 1.82) is 0 Å². The van der Waals surface area contributed by atoms with Gasteiger partial charge in [-0.2, -0.15) is 8.78 Å². The van der Waals surface area contributed by atoms with E-state index < -0.39 is 23.6 Å². The Morgan fingerprint density at radius 2 is 1.73 bits per heavy atom. The van der Waals surface area contributed by atoms with Gasteiger partial charge in [0, 0.05) is 0 Å². The fourth-order valence-electron chi connectivity index (χ4n) is 0.961. The summed E-state index contributed by atoms with van der Waals surface area (Å²) in [7, 11) is 0. The van der Waals surface area contributed by atoms with Gasteiger partial charge in [0.1, 0.15) is 5.75 Å². The van der Waals surface area contributed by atoms with Crippen LogP contribution in [-0.4, -0.2) is 22.1 Å². The summed E-state index contributed by atoms with van der Waals surface area (Å²) in [5.41, 5.74) is -0.500. The predicted molar refractivity (Wildman–Crippen MR) is 44.5 cm³/mol. The minimum Gasteiger partial charge on any atom is -0.508 e. The number of halogens is 3. The second-order valence-corrected chi connectivity index (χ2v) is 2.88. The summed E-state index contributed by atoms with van der Waals surface area (Å²) in [5, 5.41) is 16.9. The highest BCUT2D eigenvalue weighted by atomic mass is 19.3. The summed E-state index contributed by atoms with van der Waals surface area (Å²) in [4.78, 5) is 10.1. The molecular weight excluding hydrogens is 213 g/mol. The SMILES string of the molecule is O=C(O)C(F)(F)C(F)c1ccc(O)cc1. The monoisotopic (exact) mass is 220 g/mol. The molecule has 2 N–H and O–H groups in total. The van der Waals surface area contributed by atoms with Gasteiger partial charge in [-0.3, -0.25) is 0 Å². The molecule has 0 spiro atoms. The van der Waals surface area contributed by atoms with Gasteiger partial charge in [-0.05, 0) is 17.7 Å². The van der Waals surface area contributed by atoms with Crippen LogP contribution in [-0.2, 0) is 4.79 Å². The van der Waals surface area contributed by atoms with Crippen LogP contribution in [0.5, 0.6) is 5.75 Å². The highest BCUT2D eigenvalue weighted by Crippen LogP contribution is 2.35. The Hall–Kier alpha value is -1.72. The number of aromatic hydroxyl groups is 1. The molecule has 0 aliphatic rings. The van der Waals surface area contributed by atoms with Crippen LogP contribution in [0.3, 0.4) is 0 Å². The van der Waals surface area contributed by atoms with Gasteiger partial charge in [-0.15, -0.1) is 0 Å². The topological polar surface area (TPSA) is 57.5 Å². The zero-order chi connectivity index (χ0) is 11.6. The lowest BCUT2D eigenvalue weighted by Crippen LogP contribution is -2.33. The van der Waals surface area contributed by atoms with Crippen LogP contribution in [0.4, 0.5) is 13.2 Å². The highest BCUT2D eigenvalue weighted by molar-refractivity contribution is 5.76. The molecule has 0 saturated carbocycles. The van der Waals surface area contributed by atoms with Gasteiger partial charge in [-0.25, -0.2) is 9.18 Å². The van der Waals surface area contributed by atoms with Crippen LogP contribution < -0.4 is 0 Å². The van der Waals surface area contributed by atoms with Crippen molar-refractivity contribution in [2.45, 2.75) is 12.1 Å². The highest BCUT2D eigenvalue weighted by Gasteiger charge is 2.49. The van der Waals surface area contributed by atoms with Crippen molar-refractivity contribution in [3.05, 3.63) is 29.8 Å². The third-order valence-electron chi connectivity index (χ3n) is 1.79. The van der Waals surface area contributed by atoms with E-state index >= 15 is 0 Å². The fourth-order valence-corrected chi connectivity index (χ4v) is 0.961. The Labute approximate surface area is 82.8 Å². The van der Waals surface area contributed by atoms with E-state index in [0.717, 1.165) is 24.3 Å². The maximum absolute atomic E-state index is 13.1. The predicted octanol–water partition coefficient (Wildman–Crippen LogP) is 2.12. The lowest BCUT2D eigenvalue weighted by molar-refractivity contribution is -0.175. The van der Waals surface area contributed by atoms with Crippen LogP contribution in [0.1, 0.15) is 11.7 Å². The average Bonchev–Trinajstić information content (AvgIpc) is 2.17. The summed E-state index contributed by atoms with van der Waals surface area (Å²) in [6.45, 7) is 0. The first-order chi connectivity index (χ1) is 6.85. The maximum Gasteiger partial charge on any atom is 0.378 e. The van der Waals surface area contributed by atoms with Crippen LogP contribution >= 0.6 is 0 Å². The fraction of sp³-hybridized carbons (Fsp3) is 0.222. The largest absolute Gasteiger partial charge is 0.508 e. The molecule has 1 atom stereocenters.